The molecule has 1 N–H and O–H groups in total. The SMILES string of the molecule is Cc1nc(S(=O)(=O)NCCCCCCI)cn1C. The molecule has 7 heteroatoms. The highest BCUT2D eigenvalue weighted by atomic mass is 127. The number of hydrogen-bond acceptors (Lipinski definition) is 3. The highest BCUT2D eigenvalue weighted by molar-refractivity contribution is 14.1. The molecule has 1 aromatic rings. The molecule has 0 atom stereocenters. The van der Waals surface area contributed by atoms with Gasteiger partial charge >= 0.3 is 0 Å². The molecule has 0 aliphatic carbocycles. The summed E-state index contributed by atoms with van der Waals surface area (Å²) in [6.07, 6.45) is 5.84. The standard InChI is InChI=1S/C11H20IN3O2S/c1-10-14-11(9-15(10)2)18(16,17)13-8-6-4-3-5-7-12/h9,13H,3-8H2,1-2H3. The average Bonchev–Trinajstić information content (AvgIpc) is 2.65. The second-order valence-corrected chi connectivity index (χ2v) is 7.03. The average molecular weight is 385 g/mol. The van der Waals surface area contributed by atoms with Crippen LogP contribution < -0.4 is 4.72 Å². The Morgan fingerprint density at radius 2 is 2.00 bits per heavy atom. The van der Waals surface area contributed by atoms with Crippen molar-refractivity contribution < 1.29 is 8.42 Å². The maximum absolute atomic E-state index is 11.9. The Labute approximate surface area is 123 Å². The third kappa shape index (κ3) is 4.85. The molecule has 1 aromatic heterocycles. The number of rotatable bonds is 8. The van der Waals surface area contributed by atoms with Gasteiger partial charge in [-0.25, -0.2) is 18.1 Å². The molecule has 0 unspecified atom stereocenters. The lowest BCUT2D eigenvalue weighted by molar-refractivity contribution is 0.570. The van der Waals surface area contributed by atoms with E-state index in [2.05, 4.69) is 32.3 Å². The second kappa shape index (κ2) is 7.44. The number of sulfonamides is 1. The van der Waals surface area contributed by atoms with E-state index in [9.17, 15) is 8.42 Å². The van der Waals surface area contributed by atoms with Crippen LogP contribution >= 0.6 is 22.6 Å². The number of aryl methyl sites for hydroxylation is 2. The number of unbranched alkanes of at least 4 members (excludes halogenated alkanes) is 3. The van der Waals surface area contributed by atoms with Gasteiger partial charge in [0, 0.05) is 19.8 Å². The van der Waals surface area contributed by atoms with Crippen molar-refractivity contribution in [3.8, 4) is 0 Å². The minimum absolute atomic E-state index is 0.106. The van der Waals surface area contributed by atoms with Crippen LogP contribution in [0.15, 0.2) is 11.2 Å². The van der Waals surface area contributed by atoms with Crippen molar-refractivity contribution in [3.05, 3.63) is 12.0 Å². The molecule has 0 saturated carbocycles. The zero-order valence-electron chi connectivity index (χ0n) is 10.8. The van der Waals surface area contributed by atoms with E-state index in [1.54, 1.807) is 18.5 Å². The van der Waals surface area contributed by atoms with Crippen molar-refractivity contribution >= 4 is 32.6 Å². The van der Waals surface area contributed by atoms with Crippen molar-refractivity contribution in [2.24, 2.45) is 7.05 Å². The summed E-state index contributed by atoms with van der Waals surface area (Å²) in [6, 6.07) is 0. The van der Waals surface area contributed by atoms with Crippen LogP contribution in [-0.4, -0.2) is 28.9 Å². The molecule has 0 aromatic carbocycles. The maximum Gasteiger partial charge on any atom is 0.259 e. The fourth-order valence-electron chi connectivity index (χ4n) is 1.51. The minimum atomic E-state index is -3.44. The molecule has 0 spiro atoms. The van der Waals surface area contributed by atoms with Crippen molar-refractivity contribution in [1.29, 1.82) is 0 Å². The van der Waals surface area contributed by atoms with Crippen LogP contribution in [0.25, 0.3) is 0 Å². The maximum atomic E-state index is 11.9. The molecule has 5 nitrogen and oxygen atoms in total. The fraction of sp³-hybridized carbons (Fsp3) is 0.727. The predicted molar refractivity (Wildman–Crippen MR) is 80.5 cm³/mol. The van der Waals surface area contributed by atoms with E-state index in [4.69, 9.17) is 0 Å². The van der Waals surface area contributed by atoms with E-state index in [1.165, 1.54) is 12.6 Å². The highest BCUT2D eigenvalue weighted by Gasteiger charge is 2.17. The summed E-state index contributed by atoms with van der Waals surface area (Å²) < 4.78 is 29.3. The molecule has 0 fully saturated rings. The second-order valence-electron chi connectivity index (χ2n) is 4.24. The van der Waals surface area contributed by atoms with E-state index >= 15 is 0 Å². The first kappa shape index (κ1) is 15.9. The topological polar surface area (TPSA) is 64.0 Å². The van der Waals surface area contributed by atoms with Gasteiger partial charge in [0.2, 0.25) is 0 Å². The predicted octanol–water partition coefficient (Wildman–Crippen LogP) is 2.00. The molecule has 0 bridgehead atoms. The van der Waals surface area contributed by atoms with Gasteiger partial charge in [-0.05, 0) is 24.2 Å². The number of nitrogens with zero attached hydrogens (tertiary/aromatic N) is 2. The fourth-order valence-corrected chi connectivity index (χ4v) is 3.16. The third-order valence-corrected chi connectivity index (χ3v) is 4.81. The van der Waals surface area contributed by atoms with Crippen molar-refractivity contribution in [3.63, 3.8) is 0 Å². The number of hydrogen-bond donors (Lipinski definition) is 1. The molecule has 104 valence electrons. The Morgan fingerprint density at radius 1 is 1.33 bits per heavy atom. The molecule has 0 amide bonds. The van der Waals surface area contributed by atoms with Crippen LogP contribution in [0.1, 0.15) is 31.5 Å². The Hall–Kier alpha value is -0.150. The molecule has 18 heavy (non-hydrogen) atoms. The summed E-state index contributed by atoms with van der Waals surface area (Å²) in [5.41, 5.74) is 0. The van der Waals surface area contributed by atoms with Gasteiger partial charge in [0.15, 0.2) is 5.03 Å². The van der Waals surface area contributed by atoms with Gasteiger partial charge in [0.1, 0.15) is 5.82 Å². The number of imidazole rings is 1. The summed E-state index contributed by atoms with van der Waals surface area (Å²) in [5, 5.41) is 0.106. The quantitative estimate of drug-likeness (QED) is 0.423. The monoisotopic (exact) mass is 385 g/mol. The molecule has 0 aliphatic rings. The van der Waals surface area contributed by atoms with Gasteiger partial charge in [-0.2, -0.15) is 0 Å². The zero-order valence-corrected chi connectivity index (χ0v) is 13.8. The Bertz CT molecular complexity index is 451. The molecule has 0 aliphatic heterocycles. The van der Waals surface area contributed by atoms with Gasteiger partial charge in [0.25, 0.3) is 10.0 Å². The van der Waals surface area contributed by atoms with E-state index in [1.807, 2.05) is 0 Å². The lowest BCUT2D eigenvalue weighted by atomic mass is 10.2. The summed E-state index contributed by atoms with van der Waals surface area (Å²) in [7, 11) is -1.65. The Morgan fingerprint density at radius 3 is 2.56 bits per heavy atom. The molecular formula is C11H20IN3O2S. The summed E-state index contributed by atoms with van der Waals surface area (Å²) in [5.74, 6) is 0.692. The Balaban J connectivity index is 2.41. The smallest absolute Gasteiger partial charge is 0.259 e. The minimum Gasteiger partial charge on any atom is -0.337 e. The molecule has 1 rings (SSSR count). The summed E-state index contributed by atoms with van der Waals surface area (Å²) in [4.78, 5) is 4.02. The normalized spacial score (nSPS) is 11.9. The van der Waals surface area contributed by atoms with Crippen LogP contribution in [0.5, 0.6) is 0 Å². The first-order valence-corrected chi connectivity index (χ1v) is 9.04. The van der Waals surface area contributed by atoms with Gasteiger partial charge in [0.05, 0.1) is 0 Å². The van der Waals surface area contributed by atoms with Crippen LogP contribution in [0.4, 0.5) is 0 Å². The van der Waals surface area contributed by atoms with E-state index in [0.717, 1.165) is 23.7 Å². The van der Waals surface area contributed by atoms with E-state index in [0.29, 0.717) is 12.4 Å². The molecule has 0 saturated heterocycles. The lowest BCUT2D eigenvalue weighted by Gasteiger charge is -2.03. The van der Waals surface area contributed by atoms with Gasteiger partial charge in [-0.15, -0.1) is 0 Å². The van der Waals surface area contributed by atoms with Crippen LogP contribution in [0, 0.1) is 6.92 Å². The van der Waals surface area contributed by atoms with Crippen molar-refractivity contribution in [1.82, 2.24) is 14.3 Å². The van der Waals surface area contributed by atoms with E-state index < -0.39 is 10.0 Å². The number of nitrogens with one attached hydrogen (secondary N) is 1. The summed E-state index contributed by atoms with van der Waals surface area (Å²) >= 11 is 2.35. The number of aromatic nitrogens is 2. The van der Waals surface area contributed by atoms with Crippen LogP contribution in [0.3, 0.4) is 0 Å². The largest absolute Gasteiger partial charge is 0.337 e. The lowest BCUT2D eigenvalue weighted by Crippen LogP contribution is -2.25. The van der Waals surface area contributed by atoms with Gasteiger partial charge in [-0.1, -0.05) is 35.4 Å². The van der Waals surface area contributed by atoms with Gasteiger partial charge < -0.3 is 4.57 Å². The van der Waals surface area contributed by atoms with Crippen LogP contribution in [-0.2, 0) is 17.1 Å². The molecular weight excluding hydrogens is 365 g/mol. The Kier molecular flexibility index (Phi) is 6.58. The zero-order chi connectivity index (χ0) is 13.6. The first-order valence-electron chi connectivity index (χ1n) is 6.03. The molecule has 1 heterocycles. The van der Waals surface area contributed by atoms with Crippen molar-refractivity contribution in [2.45, 2.75) is 37.6 Å². The van der Waals surface area contributed by atoms with Crippen molar-refractivity contribution in [2.75, 3.05) is 11.0 Å². The number of alkyl halides is 1. The highest BCUT2D eigenvalue weighted by Crippen LogP contribution is 2.08. The van der Waals surface area contributed by atoms with Crippen LogP contribution in [0.2, 0.25) is 0 Å². The van der Waals surface area contributed by atoms with E-state index in [-0.39, 0.29) is 5.03 Å². The van der Waals surface area contributed by atoms with Gasteiger partial charge in [-0.3, -0.25) is 0 Å². The number of halogens is 1. The third-order valence-electron chi connectivity index (χ3n) is 2.71. The molecule has 0 radical (unpaired) electrons. The first-order chi connectivity index (χ1) is 8.47. The summed E-state index contributed by atoms with van der Waals surface area (Å²) in [6.45, 7) is 2.27.